The van der Waals surface area contributed by atoms with Gasteiger partial charge in [0, 0.05) is 32.4 Å². The number of aliphatic imine (C=N–C) groups is 1. The second-order valence-corrected chi connectivity index (χ2v) is 7.23. The molecular weight excluding hydrogens is 326 g/mol. The Morgan fingerprint density at radius 3 is 2.96 bits per heavy atom. The number of piperidine rings is 1. The van der Waals surface area contributed by atoms with Gasteiger partial charge in [0.25, 0.3) is 0 Å². The van der Waals surface area contributed by atoms with Crippen LogP contribution in [0.2, 0.25) is 0 Å². The van der Waals surface area contributed by atoms with E-state index in [1.54, 1.807) is 12.4 Å². The fraction of sp³-hybridized carbons (Fsp3) is 0.700. The van der Waals surface area contributed by atoms with Crippen molar-refractivity contribution in [1.29, 1.82) is 0 Å². The maximum Gasteiger partial charge on any atom is 0.194 e. The molecule has 0 aromatic carbocycles. The summed E-state index contributed by atoms with van der Waals surface area (Å²) in [4.78, 5) is 13.9. The van der Waals surface area contributed by atoms with Gasteiger partial charge in [-0.2, -0.15) is 0 Å². The van der Waals surface area contributed by atoms with Gasteiger partial charge in [-0.15, -0.1) is 0 Å². The lowest BCUT2D eigenvalue weighted by Crippen LogP contribution is -2.41. The summed E-state index contributed by atoms with van der Waals surface area (Å²) in [7, 11) is 0. The van der Waals surface area contributed by atoms with Gasteiger partial charge in [0.15, 0.2) is 5.96 Å². The van der Waals surface area contributed by atoms with Crippen LogP contribution in [-0.4, -0.2) is 73.2 Å². The van der Waals surface area contributed by atoms with E-state index in [-0.39, 0.29) is 0 Å². The normalized spacial score (nSPS) is 21.8. The Kier molecular flexibility index (Phi) is 7.55. The molecule has 144 valence electrons. The van der Waals surface area contributed by atoms with E-state index in [0.29, 0.717) is 13.2 Å². The van der Waals surface area contributed by atoms with Gasteiger partial charge in [-0.05, 0) is 57.3 Å². The first-order chi connectivity index (χ1) is 12.8. The fourth-order valence-corrected chi connectivity index (χ4v) is 3.85. The standard InChI is InChI=1S/C20H33N5O/c1-2-22-20(23-10-14-26-19-7-6-9-21-15-19)25-13-8-18(17-25)16-24-11-4-3-5-12-24/h6-7,9,15,18H,2-5,8,10-14,16-17H2,1H3,(H,22,23). The number of rotatable bonds is 7. The van der Waals surface area contributed by atoms with Crippen molar-refractivity contribution in [3.63, 3.8) is 0 Å². The van der Waals surface area contributed by atoms with E-state index in [2.05, 4.69) is 27.0 Å². The number of nitrogens with zero attached hydrogens (tertiary/aromatic N) is 4. The van der Waals surface area contributed by atoms with Gasteiger partial charge in [0.1, 0.15) is 12.4 Å². The summed E-state index contributed by atoms with van der Waals surface area (Å²) in [6.07, 6.45) is 8.91. The van der Waals surface area contributed by atoms with Crippen LogP contribution >= 0.6 is 0 Å². The summed E-state index contributed by atoms with van der Waals surface area (Å²) in [5, 5.41) is 3.44. The Balaban J connectivity index is 1.44. The smallest absolute Gasteiger partial charge is 0.194 e. The summed E-state index contributed by atoms with van der Waals surface area (Å²) in [6, 6.07) is 3.81. The van der Waals surface area contributed by atoms with Gasteiger partial charge < -0.3 is 19.9 Å². The highest BCUT2D eigenvalue weighted by atomic mass is 16.5. The molecule has 0 bridgehead atoms. The molecule has 6 nitrogen and oxygen atoms in total. The predicted molar refractivity (Wildman–Crippen MR) is 106 cm³/mol. The summed E-state index contributed by atoms with van der Waals surface area (Å²) in [6.45, 7) is 10.3. The topological polar surface area (TPSA) is 53.0 Å². The first-order valence-corrected chi connectivity index (χ1v) is 10.1. The van der Waals surface area contributed by atoms with E-state index in [9.17, 15) is 0 Å². The van der Waals surface area contributed by atoms with Crippen LogP contribution < -0.4 is 10.1 Å². The highest BCUT2D eigenvalue weighted by molar-refractivity contribution is 5.80. The number of likely N-dealkylation sites (tertiary alicyclic amines) is 2. The number of pyridine rings is 1. The van der Waals surface area contributed by atoms with Crippen LogP contribution in [0.3, 0.4) is 0 Å². The van der Waals surface area contributed by atoms with E-state index in [4.69, 9.17) is 9.73 Å². The summed E-state index contributed by atoms with van der Waals surface area (Å²) in [5.74, 6) is 2.60. The highest BCUT2D eigenvalue weighted by Crippen LogP contribution is 2.20. The average Bonchev–Trinajstić information content (AvgIpc) is 3.14. The lowest BCUT2D eigenvalue weighted by molar-refractivity contribution is 0.198. The van der Waals surface area contributed by atoms with Crippen LogP contribution in [-0.2, 0) is 0 Å². The SMILES string of the molecule is CCNC(=NCCOc1cccnc1)N1CCC(CN2CCCCC2)C1. The zero-order valence-electron chi connectivity index (χ0n) is 16.1. The maximum absolute atomic E-state index is 5.70. The largest absolute Gasteiger partial charge is 0.490 e. The Bertz CT molecular complexity index is 544. The molecule has 1 atom stereocenters. The molecule has 0 amide bonds. The number of nitrogens with one attached hydrogen (secondary N) is 1. The molecule has 1 unspecified atom stereocenters. The monoisotopic (exact) mass is 359 g/mol. The third-order valence-electron chi connectivity index (χ3n) is 5.14. The highest BCUT2D eigenvalue weighted by Gasteiger charge is 2.26. The van der Waals surface area contributed by atoms with E-state index in [0.717, 1.165) is 37.3 Å². The van der Waals surface area contributed by atoms with E-state index in [1.165, 1.54) is 45.3 Å². The number of guanidine groups is 1. The number of ether oxygens (including phenoxy) is 1. The Labute approximate surface area is 157 Å². The van der Waals surface area contributed by atoms with E-state index in [1.807, 2.05) is 12.1 Å². The van der Waals surface area contributed by atoms with Crippen LogP contribution in [0, 0.1) is 5.92 Å². The van der Waals surface area contributed by atoms with E-state index >= 15 is 0 Å². The summed E-state index contributed by atoms with van der Waals surface area (Å²) in [5.41, 5.74) is 0. The molecule has 2 aliphatic rings. The van der Waals surface area contributed by atoms with Gasteiger partial charge >= 0.3 is 0 Å². The van der Waals surface area contributed by atoms with Gasteiger partial charge in [-0.25, -0.2) is 4.99 Å². The van der Waals surface area contributed by atoms with Gasteiger partial charge in [0.2, 0.25) is 0 Å². The number of hydrogen-bond acceptors (Lipinski definition) is 4. The first-order valence-electron chi connectivity index (χ1n) is 10.1. The minimum atomic E-state index is 0.575. The van der Waals surface area contributed by atoms with Crippen molar-refractivity contribution in [2.24, 2.45) is 10.9 Å². The average molecular weight is 360 g/mol. The molecule has 3 heterocycles. The van der Waals surface area contributed by atoms with Crippen LogP contribution in [0.15, 0.2) is 29.5 Å². The molecule has 1 aromatic rings. The van der Waals surface area contributed by atoms with Crippen molar-refractivity contribution < 1.29 is 4.74 Å². The second-order valence-electron chi connectivity index (χ2n) is 7.23. The van der Waals surface area contributed by atoms with Crippen molar-refractivity contribution in [2.45, 2.75) is 32.6 Å². The predicted octanol–water partition coefficient (Wildman–Crippen LogP) is 2.23. The summed E-state index contributed by atoms with van der Waals surface area (Å²) < 4.78 is 5.70. The lowest BCUT2D eigenvalue weighted by Gasteiger charge is -2.29. The second kappa shape index (κ2) is 10.4. The molecule has 26 heavy (non-hydrogen) atoms. The molecule has 6 heteroatoms. The molecular formula is C20H33N5O. The quantitative estimate of drug-likeness (QED) is 0.460. The minimum Gasteiger partial charge on any atom is -0.490 e. The van der Waals surface area contributed by atoms with Gasteiger partial charge in [-0.1, -0.05) is 6.42 Å². The fourth-order valence-electron chi connectivity index (χ4n) is 3.85. The molecule has 0 saturated carbocycles. The Morgan fingerprint density at radius 1 is 1.31 bits per heavy atom. The summed E-state index contributed by atoms with van der Waals surface area (Å²) >= 11 is 0. The van der Waals surface area contributed by atoms with Crippen LogP contribution in [0.4, 0.5) is 0 Å². The molecule has 0 aliphatic carbocycles. The molecule has 0 radical (unpaired) electrons. The molecule has 1 aromatic heterocycles. The molecule has 2 saturated heterocycles. The maximum atomic E-state index is 5.70. The van der Waals surface area contributed by atoms with Crippen molar-refractivity contribution in [1.82, 2.24) is 20.1 Å². The first kappa shape index (κ1) is 19.0. The number of aromatic nitrogens is 1. The zero-order valence-corrected chi connectivity index (χ0v) is 16.1. The van der Waals surface area contributed by atoms with Crippen molar-refractivity contribution in [2.75, 3.05) is 52.4 Å². The minimum absolute atomic E-state index is 0.575. The lowest BCUT2D eigenvalue weighted by atomic mass is 10.1. The van der Waals surface area contributed by atoms with Crippen LogP contribution in [0.1, 0.15) is 32.6 Å². The van der Waals surface area contributed by atoms with Crippen molar-refractivity contribution in [3.05, 3.63) is 24.5 Å². The molecule has 2 fully saturated rings. The number of hydrogen-bond donors (Lipinski definition) is 1. The van der Waals surface area contributed by atoms with Crippen molar-refractivity contribution >= 4 is 5.96 Å². The van der Waals surface area contributed by atoms with Gasteiger partial charge in [-0.3, -0.25) is 4.98 Å². The molecule has 2 aliphatic heterocycles. The Hall–Kier alpha value is -1.82. The molecule has 1 N–H and O–H groups in total. The molecule has 0 spiro atoms. The van der Waals surface area contributed by atoms with Crippen LogP contribution in [0.5, 0.6) is 5.75 Å². The Morgan fingerprint density at radius 2 is 2.19 bits per heavy atom. The van der Waals surface area contributed by atoms with Crippen molar-refractivity contribution in [3.8, 4) is 5.75 Å². The van der Waals surface area contributed by atoms with E-state index < -0.39 is 0 Å². The van der Waals surface area contributed by atoms with Gasteiger partial charge in [0.05, 0.1) is 12.7 Å². The molecule has 3 rings (SSSR count). The third-order valence-corrected chi connectivity index (χ3v) is 5.14. The zero-order chi connectivity index (χ0) is 18.0. The third kappa shape index (κ3) is 5.87. The van der Waals surface area contributed by atoms with Crippen LogP contribution in [0.25, 0.3) is 0 Å².